The van der Waals surface area contributed by atoms with Gasteiger partial charge in [-0.05, 0) is 54.8 Å². The van der Waals surface area contributed by atoms with Crippen molar-refractivity contribution in [2.24, 2.45) is 0 Å². The van der Waals surface area contributed by atoms with Crippen LogP contribution in [0, 0.1) is 12.7 Å². The molecule has 1 aliphatic rings. The van der Waals surface area contributed by atoms with Gasteiger partial charge in [-0.25, -0.2) is 4.39 Å². The topological polar surface area (TPSA) is 89.2 Å². The second kappa shape index (κ2) is 8.78. The largest absolute Gasteiger partial charge is 0.355 e. The number of halogens is 1. The number of aromatic nitrogens is 3. The molecular formula is C23H24FN5O3. The van der Waals surface area contributed by atoms with Crippen LogP contribution in [-0.2, 0) is 24.3 Å². The molecule has 32 heavy (non-hydrogen) atoms. The lowest BCUT2D eigenvalue weighted by atomic mass is 9.95. The van der Waals surface area contributed by atoms with Crippen molar-refractivity contribution in [3.05, 3.63) is 81.3 Å². The molecule has 2 amide bonds. The highest BCUT2D eigenvalue weighted by atomic mass is 19.1. The molecule has 1 aliphatic heterocycles. The number of hydrogen-bond donors (Lipinski definition) is 1. The van der Waals surface area contributed by atoms with Crippen molar-refractivity contribution >= 4 is 11.8 Å². The Balaban J connectivity index is 1.64. The normalized spacial score (nSPS) is 13.0. The van der Waals surface area contributed by atoms with Crippen LogP contribution in [0.25, 0.3) is 5.69 Å². The molecule has 1 aromatic carbocycles. The number of carbonyl (C=O) groups is 2. The van der Waals surface area contributed by atoms with Crippen LogP contribution >= 0.6 is 0 Å². The van der Waals surface area contributed by atoms with Gasteiger partial charge in [0.2, 0.25) is 5.91 Å². The number of aryl methyl sites for hydroxylation is 2. The summed E-state index contributed by atoms with van der Waals surface area (Å²) in [7, 11) is 1.47. The molecule has 4 rings (SSSR count). The molecule has 0 spiro atoms. The number of carbonyl (C=O) groups excluding carboxylic acids is 2. The van der Waals surface area contributed by atoms with Crippen LogP contribution < -0.4 is 10.9 Å². The van der Waals surface area contributed by atoms with Crippen molar-refractivity contribution in [1.29, 1.82) is 0 Å². The predicted molar refractivity (Wildman–Crippen MR) is 116 cm³/mol. The fourth-order valence-corrected chi connectivity index (χ4v) is 3.98. The lowest BCUT2D eigenvalue weighted by molar-refractivity contribution is -0.132. The Labute approximate surface area is 184 Å². The van der Waals surface area contributed by atoms with Crippen molar-refractivity contribution in [2.45, 2.75) is 32.9 Å². The van der Waals surface area contributed by atoms with Crippen LogP contribution in [0.5, 0.6) is 0 Å². The molecule has 0 saturated carbocycles. The molecule has 0 radical (unpaired) electrons. The fourth-order valence-electron chi connectivity index (χ4n) is 3.98. The number of nitrogens with one attached hydrogen (secondary N) is 1. The van der Waals surface area contributed by atoms with Crippen molar-refractivity contribution in [2.75, 3.05) is 13.6 Å². The minimum Gasteiger partial charge on any atom is -0.355 e. The van der Waals surface area contributed by atoms with Gasteiger partial charge in [0.1, 0.15) is 11.4 Å². The first-order valence-electron chi connectivity index (χ1n) is 10.4. The maximum atomic E-state index is 13.4. The minimum absolute atomic E-state index is 0.0233. The number of amides is 2. The van der Waals surface area contributed by atoms with Crippen molar-refractivity contribution in [3.8, 4) is 5.69 Å². The molecule has 3 aromatic rings. The second-order valence-corrected chi connectivity index (χ2v) is 7.77. The summed E-state index contributed by atoms with van der Waals surface area (Å²) in [5.74, 6) is -0.920. The monoisotopic (exact) mass is 437 g/mol. The molecule has 0 unspecified atom stereocenters. The first kappa shape index (κ1) is 21.5. The van der Waals surface area contributed by atoms with E-state index in [4.69, 9.17) is 0 Å². The van der Waals surface area contributed by atoms with Gasteiger partial charge < -0.3 is 10.2 Å². The number of pyridine rings is 1. The van der Waals surface area contributed by atoms with Gasteiger partial charge in [0.15, 0.2) is 0 Å². The van der Waals surface area contributed by atoms with Crippen LogP contribution in [0.15, 0.2) is 47.5 Å². The number of fused-ring (bicyclic) bond motifs is 1. The van der Waals surface area contributed by atoms with Crippen molar-refractivity contribution in [3.63, 3.8) is 0 Å². The lowest BCUT2D eigenvalue weighted by Crippen LogP contribution is -2.41. The van der Waals surface area contributed by atoms with E-state index in [-0.39, 0.29) is 18.0 Å². The zero-order valence-corrected chi connectivity index (χ0v) is 18.0. The third-order valence-corrected chi connectivity index (χ3v) is 5.64. The summed E-state index contributed by atoms with van der Waals surface area (Å²) in [5.41, 5.74) is 2.31. The van der Waals surface area contributed by atoms with Crippen LogP contribution in [0.3, 0.4) is 0 Å². The molecule has 2 aromatic heterocycles. The number of rotatable bonds is 5. The summed E-state index contributed by atoms with van der Waals surface area (Å²) in [6, 6.07) is 7.36. The van der Waals surface area contributed by atoms with Crippen LogP contribution in [0.1, 0.15) is 33.6 Å². The van der Waals surface area contributed by atoms with Crippen molar-refractivity contribution < 1.29 is 14.0 Å². The molecule has 1 N–H and O–H groups in total. The van der Waals surface area contributed by atoms with Crippen LogP contribution in [-0.4, -0.2) is 44.7 Å². The third kappa shape index (κ3) is 4.18. The van der Waals surface area contributed by atoms with Gasteiger partial charge in [-0.3, -0.25) is 23.6 Å². The van der Waals surface area contributed by atoms with E-state index >= 15 is 0 Å². The molecule has 0 fully saturated rings. The number of hydrogen-bond acceptors (Lipinski definition) is 4. The average molecular weight is 437 g/mol. The van der Waals surface area contributed by atoms with Gasteiger partial charge in [0.05, 0.1) is 5.69 Å². The maximum absolute atomic E-state index is 13.4. The Bertz CT molecular complexity index is 1230. The second-order valence-electron chi connectivity index (χ2n) is 7.77. The van der Waals surface area contributed by atoms with Gasteiger partial charge >= 0.3 is 0 Å². The van der Waals surface area contributed by atoms with Gasteiger partial charge in [0.25, 0.3) is 11.5 Å². The molecule has 3 heterocycles. The Morgan fingerprint density at radius 1 is 1.19 bits per heavy atom. The Kier molecular flexibility index (Phi) is 5.89. The van der Waals surface area contributed by atoms with Gasteiger partial charge in [-0.15, -0.1) is 0 Å². The van der Waals surface area contributed by atoms with Gasteiger partial charge in [-0.2, -0.15) is 5.10 Å². The van der Waals surface area contributed by atoms with E-state index in [1.165, 1.54) is 35.9 Å². The van der Waals surface area contributed by atoms with Gasteiger partial charge in [-0.1, -0.05) is 0 Å². The summed E-state index contributed by atoms with van der Waals surface area (Å²) in [5, 5.41) is 6.83. The SMILES string of the molecule is CNC(=O)c1c2c(cn(-c3ccc(F)cc3)c1=O)CN(C(=O)CCn1ccc(C)n1)CC2. The minimum atomic E-state index is -0.475. The highest BCUT2D eigenvalue weighted by molar-refractivity contribution is 5.95. The van der Waals surface area contributed by atoms with Crippen LogP contribution in [0.4, 0.5) is 4.39 Å². The first-order chi connectivity index (χ1) is 15.4. The number of benzene rings is 1. The lowest BCUT2D eigenvalue weighted by Gasteiger charge is -2.30. The quantitative estimate of drug-likeness (QED) is 0.660. The summed E-state index contributed by atoms with van der Waals surface area (Å²) in [6.07, 6.45) is 4.19. The maximum Gasteiger partial charge on any atom is 0.268 e. The van der Waals surface area contributed by atoms with E-state index in [2.05, 4.69) is 10.4 Å². The fraction of sp³-hybridized carbons (Fsp3) is 0.304. The molecule has 0 atom stereocenters. The standard InChI is InChI=1S/C23H24FN5O3/c1-15-7-11-28(26-15)12-9-20(30)27-10-8-19-16(13-27)14-29(18-5-3-17(24)4-6-18)23(32)21(19)22(31)25-2/h3-7,11,14H,8-10,12-13H2,1-2H3,(H,25,31). The number of nitrogens with zero attached hydrogens (tertiary/aromatic N) is 4. The zero-order chi connectivity index (χ0) is 22.8. The summed E-state index contributed by atoms with van der Waals surface area (Å²) in [6.45, 7) is 3.09. The molecule has 9 heteroatoms. The summed E-state index contributed by atoms with van der Waals surface area (Å²) < 4.78 is 16.4. The van der Waals surface area contributed by atoms with E-state index < -0.39 is 17.3 Å². The van der Waals surface area contributed by atoms with E-state index in [1.807, 2.05) is 19.2 Å². The molecule has 0 bridgehead atoms. The predicted octanol–water partition coefficient (Wildman–Crippen LogP) is 1.82. The van der Waals surface area contributed by atoms with Crippen LogP contribution in [0.2, 0.25) is 0 Å². The smallest absolute Gasteiger partial charge is 0.268 e. The highest BCUT2D eigenvalue weighted by Crippen LogP contribution is 2.23. The van der Waals surface area contributed by atoms with E-state index in [0.717, 1.165) is 11.3 Å². The third-order valence-electron chi connectivity index (χ3n) is 5.64. The zero-order valence-electron chi connectivity index (χ0n) is 18.0. The first-order valence-corrected chi connectivity index (χ1v) is 10.4. The molecule has 8 nitrogen and oxygen atoms in total. The highest BCUT2D eigenvalue weighted by Gasteiger charge is 2.28. The Morgan fingerprint density at radius 2 is 1.94 bits per heavy atom. The van der Waals surface area contributed by atoms with E-state index in [9.17, 15) is 18.8 Å². The Morgan fingerprint density at radius 3 is 2.59 bits per heavy atom. The summed E-state index contributed by atoms with van der Waals surface area (Å²) >= 11 is 0. The average Bonchev–Trinajstić information content (AvgIpc) is 3.22. The molecule has 0 saturated heterocycles. The summed E-state index contributed by atoms with van der Waals surface area (Å²) in [4.78, 5) is 40.2. The van der Waals surface area contributed by atoms with Gasteiger partial charge in [0, 0.05) is 51.2 Å². The van der Waals surface area contributed by atoms with Crippen molar-refractivity contribution in [1.82, 2.24) is 24.6 Å². The van der Waals surface area contributed by atoms with E-state index in [0.29, 0.717) is 37.2 Å². The molecule has 166 valence electrons. The molecular weight excluding hydrogens is 413 g/mol. The molecule has 0 aliphatic carbocycles. The van der Waals surface area contributed by atoms with E-state index in [1.54, 1.807) is 15.8 Å². The Hall–Kier alpha value is -3.75.